The second-order valence-electron chi connectivity index (χ2n) is 5.84. The number of halogens is 3. The molecule has 0 fully saturated rings. The van der Waals surface area contributed by atoms with E-state index in [0.717, 1.165) is 16.8 Å². The van der Waals surface area contributed by atoms with Gasteiger partial charge in [-0.1, -0.05) is 20.8 Å². The minimum atomic E-state index is -4.58. The van der Waals surface area contributed by atoms with Crippen LogP contribution >= 0.6 is 0 Å². The average Bonchev–Trinajstić information content (AvgIpc) is 2.83. The molecule has 0 radical (unpaired) electrons. The second kappa shape index (κ2) is 5.11. The van der Waals surface area contributed by atoms with Gasteiger partial charge in [-0.05, 0) is 17.5 Å². The third-order valence-electron chi connectivity index (χ3n) is 3.15. The van der Waals surface area contributed by atoms with Crippen molar-refractivity contribution < 1.29 is 18.1 Å². The van der Waals surface area contributed by atoms with Crippen LogP contribution in [0.5, 0.6) is 0 Å². The summed E-state index contributed by atoms with van der Waals surface area (Å²) < 4.78 is 41.0. The fraction of sp³-hybridized carbons (Fsp3) is 0.357. The van der Waals surface area contributed by atoms with Crippen molar-refractivity contribution in [3.63, 3.8) is 0 Å². The van der Waals surface area contributed by atoms with Gasteiger partial charge in [0.1, 0.15) is 0 Å². The lowest BCUT2D eigenvalue weighted by Gasteiger charge is -2.21. The summed E-state index contributed by atoms with van der Waals surface area (Å²) in [6.45, 7) is 5.00. The van der Waals surface area contributed by atoms with Crippen molar-refractivity contribution in [3.05, 3.63) is 51.8 Å². The van der Waals surface area contributed by atoms with Crippen molar-refractivity contribution in [3.8, 4) is 5.69 Å². The van der Waals surface area contributed by atoms with Gasteiger partial charge >= 0.3 is 6.18 Å². The molecule has 22 heavy (non-hydrogen) atoms. The average molecular weight is 313 g/mol. The summed E-state index contributed by atoms with van der Waals surface area (Å²) in [6, 6.07) is 4.78. The Labute approximate surface area is 124 Å². The summed E-state index contributed by atoms with van der Waals surface area (Å²) >= 11 is 0. The first-order valence-corrected chi connectivity index (χ1v) is 6.42. The number of nitro benzene ring substituents is 1. The maximum Gasteiger partial charge on any atom is 0.433 e. The molecule has 2 aromatic rings. The van der Waals surface area contributed by atoms with E-state index in [1.807, 2.05) is 0 Å². The van der Waals surface area contributed by atoms with Crippen molar-refractivity contribution >= 4 is 5.69 Å². The largest absolute Gasteiger partial charge is 0.433 e. The van der Waals surface area contributed by atoms with E-state index in [2.05, 4.69) is 5.10 Å². The van der Waals surface area contributed by atoms with Gasteiger partial charge in [0.25, 0.3) is 5.69 Å². The minimum absolute atomic E-state index is 0.0679. The molecule has 0 atom stereocenters. The van der Waals surface area contributed by atoms with Crippen LogP contribution in [0.3, 0.4) is 0 Å². The zero-order valence-electron chi connectivity index (χ0n) is 12.2. The summed E-state index contributed by atoms with van der Waals surface area (Å²) in [5.41, 5.74) is -1.61. The summed E-state index contributed by atoms with van der Waals surface area (Å²) in [6.07, 6.45) is -3.40. The molecule has 5 nitrogen and oxygen atoms in total. The van der Waals surface area contributed by atoms with E-state index in [4.69, 9.17) is 0 Å². The summed E-state index contributed by atoms with van der Waals surface area (Å²) in [7, 11) is 0. The molecule has 1 aromatic carbocycles. The maximum atomic E-state index is 13.4. The van der Waals surface area contributed by atoms with Gasteiger partial charge in [-0.15, -0.1) is 0 Å². The lowest BCUT2D eigenvalue weighted by Crippen LogP contribution is -2.21. The Kier molecular flexibility index (Phi) is 3.72. The first kappa shape index (κ1) is 16.0. The molecule has 0 aliphatic rings. The van der Waals surface area contributed by atoms with Crippen LogP contribution < -0.4 is 0 Å². The summed E-state index contributed by atoms with van der Waals surface area (Å²) in [5.74, 6) is 0. The molecule has 0 unspecified atom stereocenters. The van der Waals surface area contributed by atoms with Gasteiger partial charge in [-0.2, -0.15) is 18.3 Å². The topological polar surface area (TPSA) is 61.0 Å². The van der Waals surface area contributed by atoms with Crippen LogP contribution in [0.1, 0.15) is 32.0 Å². The SMILES string of the molecule is CC(C)(C)c1cnn(-c2ccc([N+](=O)[O-])cc2)c1C(F)(F)F. The van der Waals surface area contributed by atoms with E-state index < -0.39 is 22.2 Å². The van der Waals surface area contributed by atoms with E-state index in [0.29, 0.717) is 0 Å². The lowest BCUT2D eigenvalue weighted by atomic mass is 9.87. The molecule has 0 spiro atoms. The third-order valence-corrected chi connectivity index (χ3v) is 3.15. The highest BCUT2D eigenvalue weighted by atomic mass is 19.4. The molecule has 0 saturated heterocycles. The number of nitro groups is 1. The van der Waals surface area contributed by atoms with Crippen LogP contribution in [-0.2, 0) is 11.6 Å². The predicted octanol–water partition coefficient (Wildman–Crippen LogP) is 4.10. The lowest BCUT2D eigenvalue weighted by molar-refractivity contribution is -0.384. The summed E-state index contributed by atoms with van der Waals surface area (Å²) in [4.78, 5) is 10.0. The molecule has 2 rings (SSSR count). The number of non-ortho nitro benzene ring substituents is 1. The maximum absolute atomic E-state index is 13.4. The van der Waals surface area contributed by atoms with Crippen LogP contribution in [-0.4, -0.2) is 14.7 Å². The standard InChI is InChI=1S/C14H14F3N3O2/c1-13(2,3)11-8-18-19(12(11)14(15,16)17)9-4-6-10(7-5-9)20(21)22/h4-8H,1-3H3. The molecule has 1 heterocycles. The Balaban J connectivity index is 2.61. The highest BCUT2D eigenvalue weighted by molar-refractivity contribution is 5.43. The zero-order valence-corrected chi connectivity index (χ0v) is 12.2. The minimum Gasteiger partial charge on any atom is -0.258 e. The number of rotatable bonds is 2. The quantitative estimate of drug-likeness (QED) is 0.619. The van der Waals surface area contributed by atoms with Crippen LogP contribution in [0.25, 0.3) is 5.69 Å². The smallest absolute Gasteiger partial charge is 0.258 e. The van der Waals surface area contributed by atoms with Crippen molar-refractivity contribution in [1.29, 1.82) is 0 Å². The van der Waals surface area contributed by atoms with Crippen LogP contribution in [0.4, 0.5) is 18.9 Å². The second-order valence-corrected chi connectivity index (χ2v) is 5.84. The van der Waals surface area contributed by atoms with Crippen molar-refractivity contribution in [2.75, 3.05) is 0 Å². The fourth-order valence-corrected chi connectivity index (χ4v) is 2.08. The van der Waals surface area contributed by atoms with Crippen molar-refractivity contribution in [1.82, 2.24) is 9.78 Å². The van der Waals surface area contributed by atoms with Gasteiger partial charge in [0.2, 0.25) is 0 Å². The first-order chi connectivity index (χ1) is 10.0. The van der Waals surface area contributed by atoms with Gasteiger partial charge in [0.15, 0.2) is 5.69 Å². The normalized spacial score (nSPS) is 12.5. The number of alkyl halides is 3. The molecule has 0 aliphatic heterocycles. The van der Waals surface area contributed by atoms with Gasteiger partial charge < -0.3 is 0 Å². The number of hydrogen-bond acceptors (Lipinski definition) is 3. The van der Waals surface area contributed by atoms with Crippen LogP contribution in [0.2, 0.25) is 0 Å². The van der Waals surface area contributed by atoms with E-state index in [9.17, 15) is 23.3 Å². The molecule has 8 heteroatoms. The number of aromatic nitrogens is 2. The van der Waals surface area contributed by atoms with Gasteiger partial charge in [-0.25, -0.2) is 4.68 Å². The number of nitrogens with zero attached hydrogens (tertiary/aromatic N) is 3. The number of hydrogen-bond donors (Lipinski definition) is 0. The monoisotopic (exact) mass is 313 g/mol. The van der Waals surface area contributed by atoms with E-state index in [-0.39, 0.29) is 16.9 Å². The van der Waals surface area contributed by atoms with E-state index in [1.54, 1.807) is 20.8 Å². The summed E-state index contributed by atoms with van der Waals surface area (Å²) in [5, 5.41) is 14.4. The molecule has 1 aromatic heterocycles. The van der Waals surface area contributed by atoms with Gasteiger partial charge in [-0.3, -0.25) is 10.1 Å². The van der Waals surface area contributed by atoms with E-state index in [1.165, 1.54) is 18.3 Å². The zero-order chi connectivity index (χ0) is 16.7. The third kappa shape index (κ3) is 2.95. The van der Waals surface area contributed by atoms with Crippen LogP contribution in [0, 0.1) is 10.1 Å². The molecule has 0 amide bonds. The van der Waals surface area contributed by atoms with Gasteiger partial charge in [0, 0.05) is 17.7 Å². The predicted molar refractivity (Wildman–Crippen MR) is 73.9 cm³/mol. The molecule has 0 saturated carbocycles. The molecule has 0 N–H and O–H groups in total. The molecular formula is C14H14F3N3O2. The number of benzene rings is 1. The first-order valence-electron chi connectivity index (χ1n) is 6.42. The van der Waals surface area contributed by atoms with Gasteiger partial charge in [0.05, 0.1) is 16.8 Å². The Bertz CT molecular complexity index is 698. The van der Waals surface area contributed by atoms with Crippen molar-refractivity contribution in [2.24, 2.45) is 0 Å². The molecular weight excluding hydrogens is 299 g/mol. The highest BCUT2D eigenvalue weighted by Gasteiger charge is 2.41. The Hall–Kier alpha value is -2.38. The van der Waals surface area contributed by atoms with E-state index >= 15 is 0 Å². The Morgan fingerprint density at radius 1 is 1.14 bits per heavy atom. The Morgan fingerprint density at radius 2 is 1.68 bits per heavy atom. The Morgan fingerprint density at radius 3 is 2.09 bits per heavy atom. The highest BCUT2D eigenvalue weighted by Crippen LogP contribution is 2.38. The molecule has 0 bridgehead atoms. The molecule has 0 aliphatic carbocycles. The fourth-order valence-electron chi connectivity index (χ4n) is 2.08. The molecule has 118 valence electrons. The van der Waals surface area contributed by atoms with Crippen molar-refractivity contribution in [2.45, 2.75) is 32.4 Å². The van der Waals surface area contributed by atoms with Crippen LogP contribution in [0.15, 0.2) is 30.5 Å².